The Morgan fingerprint density at radius 3 is 2.34 bits per heavy atom. The van der Waals surface area contributed by atoms with E-state index in [4.69, 9.17) is 14.2 Å². The van der Waals surface area contributed by atoms with Crippen molar-refractivity contribution in [2.75, 3.05) is 26.6 Å². The third kappa shape index (κ3) is 3.56. The van der Waals surface area contributed by atoms with Crippen LogP contribution >= 0.6 is 15.9 Å². The van der Waals surface area contributed by atoms with Crippen molar-refractivity contribution in [2.45, 2.75) is 0 Å². The van der Waals surface area contributed by atoms with Crippen molar-refractivity contribution in [1.29, 1.82) is 0 Å². The van der Waals surface area contributed by atoms with Crippen molar-refractivity contribution in [2.24, 2.45) is 0 Å². The number of nitrogens with zero attached hydrogens (tertiary/aromatic N) is 4. The summed E-state index contributed by atoms with van der Waals surface area (Å²) in [4.78, 5) is 9.04. The molecule has 4 aromatic rings. The van der Waals surface area contributed by atoms with Crippen LogP contribution in [0.1, 0.15) is 0 Å². The van der Waals surface area contributed by atoms with Gasteiger partial charge in [0.1, 0.15) is 0 Å². The van der Waals surface area contributed by atoms with Crippen molar-refractivity contribution in [3.8, 4) is 28.6 Å². The van der Waals surface area contributed by atoms with Gasteiger partial charge in [-0.15, -0.1) is 5.10 Å². The average Bonchev–Trinajstić information content (AvgIpc) is 3.16. The third-order valence-corrected chi connectivity index (χ3v) is 4.99. The molecule has 4 rings (SSSR count). The first-order valence-electron chi connectivity index (χ1n) is 8.68. The van der Waals surface area contributed by atoms with Gasteiger partial charge in [0.15, 0.2) is 23.0 Å². The smallest absolute Gasteiger partial charge is 0.247 e. The van der Waals surface area contributed by atoms with Crippen LogP contribution in [0.5, 0.6) is 17.2 Å². The third-order valence-electron chi connectivity index (χ3n) is 4.30. The second kappa shape index (κ2) is 7.96. The van der Waals surface area contributed by atoms with Gasteiger partial charge in [0.05, 0.1) is 27.0 Å². The average molecular weight is 456 g/mol. The molecule has 0 aliphatic rings. The molecule has 148 valence electrons. The van der Waals surface area contributed by atoms with Crippen LogP contribution in [0.4, 0.5) is 11.6 Å². The van der Waals surface area contributed by atoms with E-state index in [0.717, 1.165) is 15.7 Å². The fourth-order valence-corrected chi connectivity index (χ4v) is 3.34. The van der Waals surface area contributed by atoms with E-state index in [-0.39, 0.29) is 0 Å². The Hall–Kier alpha value is -3.33. The molecule has 29 heavy (non-hydrogen) atoms. The number of nitrogens with one attached hydrogen (secondary N) is 1. The molecule has 9 heteroatoms. The van der Waals surface area contributed by atoms with Gasteiger partial charge in [-0.25, -0.2) is 4.98 Å². The highest BCUT2D eigenvalue weighted by Crippen LogP contribution is 2.40. The molecule has 0 unspecified atom stereocenters. The topological polar surface area (TPSA) is 82.8 Å². The summed E-state index contributed by atoms with van der Waals surface area (Å²) in [6, 6.07) is 13.2. The molecule has 0 bridgehead atoms. The summed E-state index contributed by atoms with van der Waals surface area (Å²) in [6.45, 7) is 0. The lowest BCUT2D eigenvalue weighted by Crippen LogP contribution is -2.00. The molecule has 0 aliphatic heterocycles. The van der Waals surface area contributed by atoms with Crippen LogP contribution < -0.4 is 19.5 Å². The van der Waals surface area contributed by atoms with Crippen LogP contribution in [0.2, 0.25) is 0 Å². The summed E-state index contributed by atoms with van der Waals surface area (Å²) in [6.07, 6.45) is 1.69. The number of benzene rings is 2. The summed E-state index contributed by atoms with van der Waals surface area (Å²) < 4.78 is 18.9. The monoisotopic (exact) mass is 455 g/mol. The van der Waals surface area contributed by atoms with Crippen molar-refractivity contribution >= 4 is 33.2 Å². The highest BCUT2D eigenvalue weighted by Gasteiger charge is 2.17. The highest BCUT2D eigenvalue weighted by atomic mass is 79.9. The van der Waals surface area contributed by atoms with E-state index in [1.54, 1.807) is 38.1 Å². The van der Waals surface area contributed by atoms with E-state index < -0.39 is 0 Å². The molecular formula is C20H18BrN5O3. The van der Waals surface area contributed by atoms with Crippen LogP contribution in [-0.2, 0) is 0 Å². The Balaban J connectivity index is 1.81. The van der Waals surface area contributed by atoms with Gasteiger partial charge in [0, 0.05) is 22.3 Å². The van der Waals surface area contributed by atoms with E-state index in [0.29, 0.717) is 34.7 Å². The molecule has 0 fully saturated rings. The molecule has 0 saturated heterocycles. The SMILES string of the molecule is COc1cc(-c2nccc3nc(Nc4ccccc4Br)nn23)cc(OC)c1OC. The Labute approximate surface area is 175 Å². The number of fused-ring (bicyclic) bond motifs is 1. The molecule has 0 spiro atoms. The van der Waals surface area contributed by atoms with Crippen LogP contribution in [0.3, 0.4) is 0 Å². The molecule has 0 saturated carbocycles. The van der Waals surface area contributed by atoms with Crippen LogP contribution in [-0.4, -0.2) is 40.9 Å². The number of rotatable bonds is 6. The van der Waals surface area contributed by atoms with Gasteiger partial charge in [-0.2, -0.15) is 9.50 Å². The number of halogens is 1. The Kier molecular flexibility index (Phi) is 5.22. The zero-order valence-corrected chi connectivity index (χ0v) is 17.6. The van der Waals surface area contributed by atoms with Gasteiger partial charge in [-0.1, -0.05) is 12.1 Å². The van der Waals surface area contributed by atoms with E-state index >= 15 is 0 Å². The molecule has 2 aromatic heterocycles. The first-order chi connectivity index (χ1) is 14.1. The number of ether oxygens (including phenoxy) is 3. The lowest BCUT2D eigenvalue weighted by Gasteiger charge is -2.14. The molecule has 2 heterocycles. The van der Waals surface area contributed by atoms with E-state index in [1.807, 2.05) is 36.4 Å². The first-order valence-corrected chi connectivity index (χ1v) is 9.47. The predicted octanol–water partition coefficient (Wildman–Crippen LogP) is 4.32. The van der Waals surface area contributed by atoms with Gasteiger partial charge >= 0.3 is 0 Å². The molecule has 1 N–H and O–H groups in total. The zero-order valence-electron chi connectivity index (χ0n) is 16.0. The molecule has 0 atom stereocenters. The number of anilines is 2. The maximum absolute atomic E-state index is 5.45. The molecule has 0 aliphatic carbocycles. The maximum atomic E-state index is 5.45. The standard InChI is InChI=1S/C20H18BrN5O3/c1-27-15-10-12(11-16(28-2)18(15)29-3)19-22-9-8-17-24-20(25-26(17)19)23-14-7-5-4-6-13(14)21/h4-11H,1-3H3,(H,23,25). The van der Waals surface area contributed by atoms with Crippen LogP contribution in [0.25, 0.3) is 17.0 Å². The summed E-state index contributed by atoms with van der Waals surface area (Å²) >= 11 is 3.52. The van der Waals surface area contributed by atoms with Crippen molar-refractivity contribution in [3.63, 3.8) is 0 Å². The fraction of sp³-hybridized carbons (Fsp3) is 0.150. The van der Waals surface area contributed by atoms with E-state index in [1.165, 1.54) is 0 Å². The minimum Gasteiger partial charge on any atom is -0.493 e. The van der Waals surface area contributed by atoms with Gasteiger partial charge in [-0.05, 0) is 40.2 Å². The quantitative estimate of drug-likeness (QED) is 0.463. The number of hydrogen-bond acceptors (Lipinski definition) is 7. The molecule has 0 amide bonds. The largest absolute Gasteiger partial charge is 0.493 e. The van der Waals surface area contributed by atoms with Gasteiger partial charge in [0.2, 0.25) is 11.7 Å². The summed E-state index contributed by atoms with van der Waals surface area (Å²) in [7, 11) is 4.71. The van der Waals surface area contributed by atoms with E-state index in [2.05, 4.69) is 36.3 Å². The summed E-state index contributed by atoms with van der Waals surface area (Å²) in [5, 5.41) is 7.79. The van der Waals surface area contributed by atoms with Crippen LogP contribution in [0, 0.1) is 0 Å². The lowest BCUT2D eigenvalue weighted by molar-refractivity contribution is 0.324. The van der Waals surface area contributed by atoms with Crippen molar-refractivity contribution in [3.05, 3.63) is 53.1 Å². The normalized spacial score (nSPS) is 10.8. The fourth-order valence-electron chi connectivity index (χ4n) is 2.96. The molecule has 2 aromatic carbocycles. The van der Waals surface area contributed by atoms with Crippen molar-refractivity contribution in [1.82, 2.24) is 19.6 Å². The first kappa shape index (κ1) is 19.0. The minimum absolute atomic E-state index is 0.457. The second-order valence-corrected chi connectivity index (χ2v) is 6.85. The minimum atomic E-state index is 0.457. The molecular weight excluding hydrogens is 438 g/mol. The Morgan fingerprint density at radius 1 is 0.966 bits per heavy atom. The lowest BCUT2D eigenvalue weighted by atomic mass is 10.1. The van der Waals surface area contributed by atoms with Gasteiger partial charge in [0.25, 0.3) is 0 Å². The number of aromatic nitrogens is 4. The van der Waals surface area contributed by atoms with Crippen LogP contribution in [0.15, 0.2) is 53.1 Å². The maximum Gasteiger partial charge on any atom is 0.247 e. The summed E-state index contributed by atoms with van der Waals surface area (Å²) in [5.41, 5.74) is 2.27. The number of hydrogen-bond donors (Lipinski definition) is 1. The van der Waals surface area contributed by atoms with Crippen molar-refractivity contribution < 1.29 is 14.2 Å². The zero-order chi connectivity index (χ0) is 20.4. The molecule has 0 radical (unpaired) electrons. The summed E-state index contributed by atoms with van der Waals surface area (Å²) in [5.74, 6) is 2.63. The Morgan fingerprint density at radius 2 is 1.69 bits per heavy atom. The van der Waals surface area contributed by atoms with E-state index in [9.17, 15) is 0 Å². The Bertz CT molecular complexity index is 1150. The van der Waals surface area contributed by atoms with Gasteiger partial charge in [-0.3, -0.25) is 0 Å². The number of para-hydroxylation sites is 1. The number of methoxy groups -OCH3 is 3. The van der Waals surface area contributed by atoms with Gasteiger partial charge < -0.3 is 19.5 Å². The predicted molar refractivity (Wildman–Crippen MR) is 113 cm³/mol. The molecule has 8 nitrogen and oxygen atoms in total. The highest BCUT2D eigenvalue weighted by molar-refractivity contribution is 9.10. The second-order valence-electron chi connectivity index (χ2n) is 5.99.